The van der Waals surface area contributed by atoms with Gasteiger partial charge in [-0.15, -0.1) is 11.6 Å². The fourth-order valence-electron chi connectivity index (χ4n) is 2.04. The van der Waals surface area contributed by atoms with Gasteiger partial charge >= 0.3 is 0 Å². The van der Waals surface area contributed by atoms with E-state index in [0.29, 0.717) is 17.5 Å². The number of benzene rings is 2. The first-order chi connectivity index (χ1) is 9.61. The van der Waals surface area contributed by atoms with Crippen molar-refractivity contribution in [2.75, 3.05) is 5.88 Å². The first-order valence-corrected chi connectivity index (χ1v) is 6.72. The number of nitrogens with zero attached hydrogens (tertiary/aromatic N) is 1. The standard InChI is InChI=1S/C15H14ClNO3/c16-10-13(18)8-11-6-7-14(15(9-11)17(19)20)12-4-2-1-3-5-12/h1-7,9,13,18H,8,10H2. The van der Waals surface area contributed by atoms with Gasteiger partial charge in [0.05, 0.1) is 16.6 Å². The monoisotopic (exact) mass is 291 g/mol. The van der Waals surface area contributed by atoms with E-state index in [-0.39, 0.29) is 11.6 Å². The van der Waals surface area contributed by atoms with Gasteiger partial charge in [0.15, 0.2) is 0 Å². The molecule has 0 aromatic heterocycles. The molecular formula is C15H14ClNO3. The maximum Gasteiger partial charge on any atom is 0.277 e. The highest BCUT2D eigenvalue weighted by Crippen LogP contribution is 2.30. The van der Waals surface area contributed by atoms with E-state index in [2.05, 4.69) is 0 Å². The first kappa shape index (κ1) is 14.5. The van der Waals surface area contributed by atoms with Crippen molar-refractivity contribution in [1.29, 1.82) is 0 Å². The summed E-state index contributed by atoms with van der Waals surface area (Å²) in [5.41, 5.74) is 2.10. The maximum atomic E-state index is 11.2. The Balaban J connectivity index is 2.41. The molecule has 0 aliphatic carbocycles. The number of nitro benzene ring substituents is 1. The van der Waals surface area contributed by atoms with E-state index in [4.69, 9.17) is 11.6 Å². The number of aliphatic hydroxyl groups is 1. The Morgan fingerprint density at radius 1 is 1.20 bits per heavy atom. The second-order valence-corrected chi connectivity index (χ2v) is 4.80. The minimum atomic E-state index is -0.696. The molecule has 1 N–H and O–H groups in total. The summed E-state index contributed by atoms with van der Waals surface area (Å²) in [6.45, 7) is 0. The van der Waals surface area contributed by atoms with Gasteiger partial charge in [-0.1, -0.05) is 36.4 Å². The van der Waals surface area contributed by atoms with Crippen LogP contribution in [0.25, 0.3) is 11.1 Å². The van der Waals surface area contributed by atoms with Crippen molar-refractivity contribution >= 4 is 17.3 Å². The SMILES string of the molecule is O=[N+]([O-])c1cc(CC(O)CCl)ccc1-c1ccccc1. The minimum absolute atomic E-state index is 0.0375. The highest BCUT2D eigenvalue weighted by atomic mass is 35.5. The molecule has 4 nitrogen and oxygen atoms in total. The molecule has 0 spiro atoms. The smallest absolute Gasteiger partial charge is 0.277 e. The highest BCUT2D eigenvalue weighted by Gasteiger charge is 2.17. The molecule has 20 heavy (non-hydrogen) atoms. The predicted molar refractivity (Wildman–Crippen MR) is 79.0 cm³/mol. The Morgan fingerprint density at radius 3 is 2.50 bits per heavy atom. The molecule has 0 radical (unpaired) electrons. The fourth-order valence-corrected chi connectivity index (χ4v) is 2.15. The molecule has 0 bridgehead atoms. The molecule has 0 fully saturated rings. The highest BCUT2D eigenvalue weighted by molar-refractivity contribution is 6.18. The molecule has 0 saturated heterocycles. The molecule has 0 amide bonds. The van der Waals surface area contributed by atoms with Gasteiger partial charge < -0.3 is 5.11 Å². The molecule has 0 saturated carbocycles. The largest absolute Gasteiger partial charge is 0.392 e. The lowest BCUT2D eigenvalue weighted by atomic mass is 9.99. The average Bonchev–Trinajstić information content (AvgIpc) is 2.48. The summed E-state index contributed by atoms with van der Waals surface area (Å²) >= 11 is 5.55. The predicted octanol–water partition coefficient (Wildman–Crippen LogP) is 3.40. The van der Waals surface area contributed by atoms with Crippen LogP contribution in [0.4, 0.5) is 5.69 Å². The van der Waals surface area contributed by atoms with Crippen molar-refractivity contribution in [3.63, 3.8) is 0 Å². The summed E-state index contributed by atoms with van der Waals surface area (Å²) in [4.78, 5) is 10.8. The van der Waals surface area contributed by atoms with Gasteiger partial charge in [0.2, 0.25) is 0 Å². The van der Waals surface area contributed by atoms with Crippen molar-refractivity contribution < 1.29 is 10.0 Å². The third-order valence-electron chi connectivity index (χ3n) is 2.99. The Morgan fingerprint density at radius 2 is 1.90 bits per heavy atom. The number of alkyl halides is 1. The van der Waals surface area contributed by atoms with Gasteiger partial charge in [0.1, 0.15) is 0 Å². The van der Waals surface area contributed by atoms with Gasteiger partial charge in [-0.25, -0.2) is 0 Å². The summed E-state index contributed by atoms with van der Waals surface area (Å²) in [6, 6.07) is 14.2. The molecule has 2 aromatic carbocycles. The molecule has 2 aromatic rings. The molecule has 0 heterocycles. The van der Waals surface area contributed by atoms with Gasteiger partial charge in [-0.2, -0.15) is 0 Å². The van der Waals surface area contributed by atoms with Gasteiger partial charge in [-0.3, -0.25) is 10.1 Å². The quantitative estimate of drug-likeness (QED) is 0.522. The van der Waals surface area contributed by atoms with Crippen LogP contribution in [0.2, 0.25) is 0 Å². The molecular weight excluding hydrogens is 278 g/mol. The van der Waals surface area contributed by atoms with E-state index in [1.54, 1.807) is 12.1 Å². The molecule has 2 rings (SSSR count). The summed E-state index contributed by atoms with van der Waals surface area (Å²) in [5, 5.41) is 20.7. The topological polar surface area (TPSA) is 63.4 Å². The number of rotatable bonds is 5. The summed E-state index contributed by atoms with van der Waals surface area (Å²) in [7, 11) is 0. The van der Waals surface area contributed by atoms with Crippen LogP contribution in [0.3, 0.4) is 0 Å². The zero-order valence-corrected chi connectivity index (χ0v) is 11.5. The second kappa shape index (κ2) is 6.50. The van der Waals surface area contributed by atoms with Crippen molar-refractivity contribution in [1.82, 2.24) is 0 Å². The Labute approximate surface area is 121 Å². The van der Waals surface area contributed by atoms with Crippen LogP contribution >= 0.6 is 11.6 Å². The fraction of sp³-hybridized carbons (Fsp3) is 0.200. The zero-order chi connectivity index (χ0) is 14.5. The minimum Gasteiger partial charge on any atom is -0.392 e. The van der Waals surface area contributed by atoms with E-state index >= 15 is 0 Å². The molecule has 104 valence electrons. The Hall–Kier alpha value is -1.91. The van der Waals surface area contributed by atoms with Crippen LogP contribution in [0.1, 0.15) is 5.56 Å². The van der Waals surface area contributed by atoms with Crippen LogP contribution in [-0.4, -0.2) is 22.0 Å². The van der Waals surface area contributed by atoms with Crippen LogP contribution in [0.15, 0.2) is 48.5 Å². The lowest BCUT2D eigenvalue weighted by Gasteiger charge is -2.09. The van der Waals surface area contributed by atoms with Gasteiger partial charge in [0.25, 0.3) is 5.69 Å². The second-order valence-electron chi connectivity index (χ2n) is 4.49. The molecule has 0 aliphatic rings. The third kappa shape index (κ3) is 3.35. The average molecular weight is 292 g/mol. The molecule has 1 atom stereocenters. The lowest BCUT2D eigenvalue weighted by Crippen LogP contribution is -2.12. The van der Waals surface area contributed by atoms with Crippen LogP contribution in [0, 0.1) is 10.1 Å². The zero-order valence-electron chi connectivity index (χ0n) is 10.7. The van der Waals surface area contributed by atoms with Crippen LogP contribution in [-0.2, 0) is 6.42 Å². The van der Waals surface area contributed by atoms with E-state index < -0.39 is 11.0 Å². The van der Waals surface area contributed by atoms with E-state index in [0.717, 1.165) is 5.56 Å². The van der Waals surface area contributed by atoms with Crippen molar-refractivity contribution in [2.45, 2.75) is 12.5 Å². The van der Waals surface area contributed by atoms with Crippen molar-refractivity contribution in [2.24, 2.45) is 0 Å². The summed E-state index contributed by atoms with van der Waals surface area (Å²) < 4.78 is 0. The van der Waals surface area contributed by atoms with Crippen molar-refractivity contribution in [3.8, 4) is 11.1 Å². The number of aliphatic hydroxyl groups excluding tert-OH is 1. The third-order valence-corrected chi connectivity index (χ3v) is 3.35. The van der Waals surface area contributed by atoms with E-state index in [1.807, 2.05) is 30.3 Å². The Bertz CT molecular complexity index is 601. The number of nitro groups is 1. The summed E-state index contributed by atoms with van der Waals surface area (Å²) in [6.07, 6.45) is -0.391. The molecule has 5 heteroatoms. The maximum absolute atomic E-state index is 11.2. The summed E-state index contributed by atoms with van der Waals surface area (Å²) in [5.74, 6) is 0.105. The number of halogens is 1. The Kier molecular flexibility index (Phi) is 4.71. The van der Waals surface area contributed by atoms with Gasteiger partial charge in [0, 0.05) is 11.9 Å². The van der Waals surface area contributed by atoms with E-state index in [9.17, 15) is 15.2 Å². The van der Waals surface area contributed by atoms with Crippen molar-refractivity contribution in [3.05, 3.63) is 64.2 Å². The molecule has 0 aliphatic heterocycles. The first-order valence-electron chi connectivity index (χ1n) is 6.18. The lowest BCUT2D eigenvalue weighted by molar-refractivity contribution is -0.384. The number of hydrogen-bond acceptors (Lipinski definition) is 3. The van der Waals surface area contributed by atoms with E-state index in [1.165, 1.54) is 6.07 Å². The number of hydrogen-bond donors (Lipinski definition) is 1. The van der Waals surface area contributed by atoms with Gasteiger partial charge in [-0.05, 0) is 23.6 Å². The van der Waals surface area contributed by atoms with Crippen LogP contribution in [0.5, 0.6) is 0 Å². The normalized spacial score (nSPS) is 12.1. The molecule has 1 unspecified atom stereocenters. The van der Waals surface area contributed by atoms with Crippen LogP contribution < -0.4 is 0 Å².